The second kappa shape index (κ2) is 6.91. The molecule has 1 aromatic carbocycles. The Morgan fingerprint density at radius 2 is 2.00 bits per heavy atom. The Balaban J connectivity index is 2.02. The SMILES string of the molecule is CCCOc1ccccc1N=Nc1c(C(=O)O)nc2ccccn12. The molecule has 0 aliphatic carbocycles. The number of benzene rings is 1. The Bertz CT molecular complexity index is 902. The number of carboxylic acid groups (broad SMARTS) is 1. The first-order valence-electron chi connectivity index (χ1n) is 7.54. The zero-order valence-corrected chi connectivity index (χ0v) is 13.1. The fourth-order valence-corrected chi connectivity index (χ4v) is 2.20. The Hall–Kier alpha value is -3.22. The van der Waals surface area contributed by atoms with E-state index >= 15 is 0 Å². The lowest BCUT2D eigenvalue weighted by Crippen LogP contribution is -1.96. The van der Waals surface area contributed by atoms with Gasteiger partial charge in [-0.3, -0.25) is 4.40 Å². The predicted octanol–water partition coefficient (Wildman–Crippen LogP) is 4.24. The molecular formula is C17H16N4O3. The van der Waals surface area contributed by atoms with Crippen LogP contribution in [0.3, 0.4) is 0 Å². The number of carbonyl (C=O) groups is 1. The molecule has 122 valence electrons. The molecule has 2 heterocycles. The average Bonchev–Trinajstić information content (AvgIpc) is 2.98. The number of fused-ring (bicyclic) bond motifs is 1. The van der Waals surface area contributed by atoms with Crippen molar-refractivity contribution in [1.82, 2.24) is 9.38 Å². The maximum Gasteiger partial charge on any atom is 0.358 e. The van der Waals surface area contributed by atoms with Crippen LogP contribution < -0.4 is 4.74 Å². The van der Waals surface area contributed by atoms with Crippen LogP contribution in [-0.4, -0.2) is 27.1 Å². The minimum atomic E-state index is -1.15. The normalized spacial score (nSPS) is 11.2. The third-order valence-electron chi connectivity index (χ3n) is 3.29. The van der Waals surface area contributed by atoms with Crippen LogP contribution in [0.15, 0.2) is 58.9 Å². The van der Waals surface area contributed by atoms with Crippen LogP contribution in [0.4, 0.5) is 11.5 Å². The average molecular weight is 324 g/mol. The number of imidazole rings is 1. The number of pyridine rings is 1. The minimum absolute atomic E-state index is 0.142. The predicted molar refractivity (Wildman–Crippen MR) is 88.6 cm³/mol. The molecule has 0 aliphatic rings. The van der Waals surface area contributed by atoms with E-state index in [4.69, 9.17) is 4.74 Å². The summed E-state index contributed by atoms with van der Waals surface area (Å²) in [7, 11) is 0. The maximum atomic E-state index is 11.4. The van der Waals surface area contributed by atoms with Gasteiger partial charge in [0.05, 0.1) is 6.61 Å². The molecule has 7 nitrogen and oxygen atoms in total. The van der Waals surface area contributed by atoms with Crippen molar-refractivity contribution in [2.75, 3.05) is 6.61 Å². The van der Waals surface area contributed by atoms with E-state index in [0.29, 0.717) is 23.7 Å². The highest BCUT2D eigenvalue weighted by Gasteiger charge is 2.18. The number of carboxylic acids is 1. The summed E-state index contributed by atoms with van der Waals surface area (Å²) in [6.07, 6.45) is 2.57. The Labute approximate surface area is 138 Å². The first-order chi connectivity index (χ1) is 11.7. The number of aromatic nitrogens is 2. The standard InChI is InChI=1S/C17H16N4O3/c1-2-11-24-13-8-4-3-7-12(13)19-20-16-15(17(22)23)18-14-9-5-6-10-21(14)16/h3-10H,2,11H2,1H3,(H,22,23). The van der Waals surface area contributed by atoms with E-state index in [2.05, 4.69) is 15.2 Å². The van der Waals surface area contributed by atoms with Crippen molar-refractivity contribution < 1.29 is 14.6 Å². The zero-order valence-electron chi connectivity index (χ0n) is 13.1. The molecule has 0 radical (unpaired) electrons. The van der Waals surface area contributed by atoms with E-state index in [9.17, 15) is 9.90 Å². The van der Waals surface area contributed by atoms with Gasteiger partial charge in [0.2, 0.25) is 0 Å². The van der Waals surface area contributed by atoms with E-state index in [1.54, 1.807) is 40.9 Å². The van der Waals surface area contributed by atoms with Crippen molar-refractivity contribution in [2.24, 2.45) is 10.2 Å². The van der Waals surface area contributed by atoms with Crippen molar-refractivity contribution in [2.45, 2.75) is 13.3 Å². The Kier molecular flexibility index (Phi) is 4.51. The number of para-hydroxylation sites is 1. The van der Waals surface area contributed by atoms with Crippen LogP contribution in [0.25, 0.3) is 5.65 Å². The molecule has 0 unspecified atom stereocenters. The number of hydrogen-bond acceptors (Lipinski definition) is 5. The van der Waals surface area contributed by atoms with E-state index in [0.717, 1.165) is 6.42 Å². The smallest absolute Gasteiger partial charge is 0.358 e. The lowest BCUT2D eigenvalue weighted by atomic mass is 10.3. The van der Waals surface area contributed by atoms with Gasteiger partial charge in [-0.25, -0.2) is 9.78 Å². The van der Waals surface area contributed by atoms with Crippen LogP contribution in [-0.2, 0) is 0 Å². The fraction of sp³-hybridized carbons (Fsp3) is 0.176. The van der Waals surface area contributed by atoms with Gasteiger partial charge in [0.1, 0.15) is 17.1 Å². The molecule has 0 amide bonds. The molecule has 7 heteroatoms. The van der Waals surface area contributed by atoms with Gasteiger partial charge in [-0.2, -0.15) is 0 Å². The van der Waals surface area contributed by atoms with Crippen LogP contribution in [0.5, 0.6) is 5.75 Å². The number of ether oxygens (including phenoxy) is 1. The van der Waals surface area contributed by atoms with Crippen LogP contribution >= 0.6 is 0 Å². The monoisotopic (exact) mass is 324 g/mol. The molecule has 0 saturated carbocycles. The number of aromatic carboxylic acids is 1. The topological polar surface area (TPSA) is 88.5 Å². The van der Waals surface area contributed by atoms with Gasteiger partial charge >= 0.3 is 5.97 Å². The summed E-state index contributed by atoms with van der Waals surface area (Å²) in [5.74, 6) is -0.375. The molecule has 0 spiro atoms. The summed E-state index contributed by atoms with van der Waals surface area (Å²) in [5, 5.41) is 17.6. The number of nitrogens with zero attached hydrogens (tertiary/aromatic N) is 4. The second-order valence-corrected chi connectivity index (χ2v) is 5.03. The van der Waals surface area contributed by atoms with E-state index in [1.165, 1.54) is 0 Å². The summed E-state index contributed by atoms with van der Waals surface area (Å²) in [6, 6.07) is 12.5. The molecule has 1 N–H and O–H groups in total. The van der Waals surface area contributed by atoms with Crippen LogP contribution in [0.1, 0.15) is 23.8 Å². The quantitative estimate of drug-likeness (QED) is 0.687. The summed E-state index contributed by atoms with van der Waals surface area (Å²) in [4.78, 5) is 15.5. The van der Waals surface area contributed by atoms with Crippen LogP contribution in [0, 0.1) is 0 Å². The van der Waals surface area contributed by atoms with Crippen molar-refractivity contribution >= 4 is 23.1 Å². The van der Waals surface area contributed by atoms with Crippen molar-refractivity contribution in [3.8, 4) is 5.75 Å². The molecule has 0 atom stereocenters. The minimum Gasteiger partial charge on any atom is -0.491 e. The highest BCUT2D eigenvalue weighted by molar-refractivity contribution is 5.91. The first kappa shape index (κ1) is 15.7. The molecule has 24 heavy (non-hydrogen) atoms. The summed E-state index contributed by atoms with van der Waals surface area (Å²) in [5.41, 5.74) is 0.893. The maximum absolute atomic E-state index is 11.4. The Morgan fingerprint density at radius 3 is 2.79 bits per heavy atom. The van der Waals surface area contributed by atoms with E-state index < -0.39 is 5.97 Å². The number of rotatable bonds is 6. The van der Waals surface area contributed by atoms with Gasteiger partial charge in [0.25, 0.3) is 0 Å². The molecule has 2 aromatic heterocycles. The highest BCUT2D eigenvalue weighted by atomic mass is 16.5. The molecule has 3 aromatic rings. The van der Waals surface area contributed by atoms with Gasteiger partial charge < -0.3 is 9.84 Å². The third kappa shape index (κ3) is 3.10. The summed E-state index contributed by atoms with van der Waals surface area (Å²) in [6.45, 7) is 2.59. The van der Waals surface area contributed by atoms with Gasteiger partial charge in [0.15, 0.2) is 11.5 Å². The molecular weight excluding hydrogens is 308 g/mol. The zero-order chi connectivity index (χ0) is 16.9. The van der Waals surface area contributed by atoms with Gasteiger partial charge in [-0.15, -0.1) is 10.2 Å². The lowest BCUT2D eigenvalue weighted by molar-refractivity contribution is 0.0692. The third-order valence-corrected chi connectivity index (χ3v) is 3.29. The molecule has 0 bridgehead atoms. The van der Waals surface area contributed by atoms with Crippen LogP contribution in [0.2, 0.25) is 0 Å². The van der Waals surface area contributed by atoms with Crippen molar-refractivity contribution in [3.63, 3.8) is 0 Å². The lowest BCUT2D eigenvalue weighted by Gasteiger charge is -2.06. The largest absolute Gasteiger partial charge is 0.491 e. The molecule has 0 aliphatic heterocycles. The van der Waals surface area contributed by atoms with E-state index in [-0.39, 0.29) is 11.5 Å². The highest BCUT2D eigenvalue weighted by Crippen LogP contribution is 2.30. The summed E-state index contributed by atoms with van der Waals surface area (Å²) >= 11 is 0. The van der Waals surface area contributed by atoms with Gasteiger partial charge in [-0.05, 0) is 30.7 Å². The second-order valence-electron chi connectivity index (χ2n) is 5.03. The molecule has 0 saturated heterocycles. The van der Waals surface area contributed by atoms with E-state index in [1.807, 2.05) is 19.1 Å². The number of azo groups is 1. The first-order valence-corrected chi connectivity index (χ1v) is 7.54. The number of hydrogen-bond donors (Lipinski definition) is 1. The Morgan fingerprint density at radius 1 is 1.21 bits per heavy atom. The van der Waals surface area contributed by atoms with Gasteiger partial charge in [-0.1, -0.05) is 25.1 Å². The molecule has 0 fully saturated rings. The fourth-order valence-electron chi connectivity index (χ4n) is 2.20. The van der Waals surface area contributed by atoms with Gasteiger partial charge in [0, 0.05) is 6.20 Å². The van der Waals surface area contributed by atoms with Crippen molar-refractivity contribution in [3.05, 3.63) is 54.4 Å². The molecule has 3 rings (SSSR count). The summed E-state index contributed by atoms with van der Waals surface area (Å²) < 4.78 is 7.21. The van der Waals surface area contributed by atoms with Crippen molar-refractivity contribution in [1.29, 1.82) is 0 Å².